The smallest absolute Gasteiger partial charge is 0.360 e. The molecule has 5 rings (SSSR count). The number of ether oxygens (including phenoxy) is 1. The second kappa shape index (κ2) is 10.3. The molecule has 0 saturated carbocycles. The highest BCUT2D eigenvalue weighted by molar-refractivity contribution is 6.00. The van der Waals surface area contributed by atoms with E-state index in [1.54, 1.807) is 11.0 Å². The molecule has 3 aromatic carbocycles. The lowest BCUT2D eigenvalue weighted by Crippen LogP contribution is -2.45. The minimum absolute atomic E-state index is 0.109. The zero-order valence-corrected chi connectivity index (χ0v) is 20.7. The standard InChI is InChI=1S/C30H30N2O4/c1-3-31(23-12-7-9-21(2)17-23)19-28(33)32-16-8-13-25-26-18-24(35-20-22-10-5-4-6-11-22)14-15-27(26)36-30(34)29(25)32/h4-7,9-12,14-15,17-18H,3,8,13,16,19-20H2,1-2H3. The summed E-state index contributed by atoms with van der Waals surface area (Å²) in [6, 6.07) is 23.6. The summed E-state index contributed by atoms with van der Waals surface area (Å²) >= 11 is 0. The van der Waals surface area contributed by atoms with Crippen LogP contribution in [0.4, 0.5) is 11.4 Å². The average molecular weight is 483 g/mol. The summed E-state index contributed by atoms with van der Waals surface area (Å²) in [5.74, 6) is 0.588. The molecule has 0 N–H and O–H groups in total. The molecule has 0 radical (unpaired) electrons. The predicted molar refractivity (Wildman–Crippen MR) is 143 cm³/mol. The van der Waals surface area contributed by atoms with Crippen LogP contribution in [-0.4, -0.2) is 25.5 Å². The number of benzene rings is 3. The SMILES string of the molecule is CCN(CC(=O)N1CCCc2c1c(=O)oc1ccc(OCc3ccccc3)cc21)c1cccc(C)c1. The van der Waals surface area contributed by atoms with E-state index in [0.29, 0.717) is 43.1 Å². The Morgan fingerprint density at radius 2 is 1.89 bits per heavy atom. The summed E-state index contributed by atoms with van der Waals surface area (Å²) in [6.45, 7) is 5.88. The lowest BCUT2D eigenvalue weighted by molar-refractivity contribution is -0.117. The topological polar surface area (TPSA) is 63.0 Å². The molecule has 1 aliphatic rings. The van der Waals surface area contributed by atoms with Gasteiger partial charge in [0.15, 0.2) is 0 Å². The van der Waals surface area contributed by atoms with Gasteiger partial charge < -0.3 is 19.0 Å². The molecule has 0 saturated heterocycles. The first-order valence-electron chi connectivity index (χ1n) is 12.4. The number of hydrogen-bond acceptors (Lipinski definition) is 5. The van der Waals surface area contributed by atoms with Crippen molar-refractivity contribution in [3.8, 4) is 5.75 Å². The molecule has 6 nitrogen and oxygen atoms in total. The number of amides is 1. The number of hydrogen-bond donors (Lipinski definition) is 0. The third kappa shape index (κ3) is 4.85. The molecule has 0 fully saturated rings. The van der Waals surface area contributed by atoms with Gasteiger partial charge in [-0.25, -0.2) is 4.79 Å². The number of rotatable bonds is 7. The van der Waals surface area contributed by atoms with E-state index in [9.17, 15) is 9.59 Å². The van der Waals surface area contributed by atoms with Gasteiger partial charge in [0.25, 0.3) is 0 Å². The summed E-state index contributed by atoms with van der Waals surface area (Å²) in [5.41, 5.74) is 4.46. The first-order valence-corrected chi connectivity index (χ1v) is 12.4. The van der Waals surface area contributed by atoms with Crippen LogP contribution in [0.3, 0.4) is 0 Å². The highest BCUT2D eigenvalue weighted by Crippen LogP contribution is 2.33. The van der Waals surface area contributed by atoms with Crippen LogP contribution < -0.4 is 20.2 Å². The molecule has 1 aliphatic heterocycles. The van der Waals surface area contributed by atoms with Gasteiger partial charge in [-0.05, 0) is 73.7 Å². The van der Waals surface area contributed by atoms with Crippen LogP contribution in [0.1, 0.15) is 30.0 Å². The fourth-order valence-electron chi connectivity index (χ4n) is 4.82. The summed E-state index contributed by atoms with van der Waals surface area (Å²) in [7, 11) is 0. The van der Waals surface area contributed by atoms with Crippen molar-refractivity contribution in [3.63, 3.8) is 0 Å². The van der Waals surface area contributed by atoms with Crippen molar-refractivity contribution in [2.45, 2.75) is 33.3 Å². The number of fused-ring (bicyclic) bond motifs is 3. The molecule has 184 valence electrons. The Bertz CT molecular complexity index is 1440. The monoisotopic (exact) mass is 482 g/mol. The van der Waals surface area contributed by atoms with Gasteiger partial charge in [-0.1, -0.05) is 42.5 Å². The van der Waals surface area contributed by atoms with E-state index in [1.165, 1.54) is 0 Å². The average Bonchev–Trinajstić information content (AvgIpc) is 2.91. The third-order valence-electron chi connectivity index (χ3n) is 6.66. The molecule has 36 heavy (non-hydrogen) atoms. The van der Waals surface area contributed by atoms with E-state index < -0.39 is 5.63 Å². The minimum Gasteiger partial charge on any atom is -0.489 e. The molecule has 6 heteroatoms. The van der Waals surface area contributed by atoms with Crippen LogP contribution in [0.2, 0.25) is 0 Å². The molecular weight excluding hydrogens is 452 g/mol. The molecule has 0 bridgehead atoms. The number of carbonyl (C=O) groups is 1. The van der Waals surface area contributed by atoms with Gasteiger partial charge in [0.1, 0.15) is 23.6 Å². The van der Waals surface area contributed by atoms with E-state index >= 15 is 0 Å². The number of likely N-dealkylation sites (N-methyl/N-ethyl adjacent to an activating group) is 1. The van der Waals surface area contributed by atoms with Crippen molar-refractivity contribution >= 4 is 28.3 Å². The van der Waals surface area contributed by atoms with E-state index in [1.807, 2.05) is 79.4 Å². The Kier molecular flexibility index (Phi) is 6.76. The molecule has 1 amide bonds. The number of carbonyl (C=O) groups excluding carboxylic acids is 1. The van der Waals surface area contributed by atoms with Gasteiger partial charge in [-0.15, -0.1) is 0 Å². The first kappa shape index (κ1) is 23.7. The highest BCUT2D eigenvalue weighted by Gasteiger charge is 2.29. The summed E-state index contributed by atoms with van der Waals surface area (Å²) in [6.07, 6.45) is 1.49. The summed E-state index contributed by atoms with van der Waals surface area (Å²) < 4.78 is 11.7. The minimum atomic E-state index is -0.470. The van der Waals surface area contributed by atoms with Crippen molar-refractivity contribution in [3.05, 3.63) is 99.9 Å². The molecule has 0 atom stereocenters. The number of anilines is 2. The molecule has 4 aromatic rings. The Labute approximate surface area is 210 Å². The van der Waals surface area contributed by atoms with Crippen LogP contribution in [0.5, 0.6) is 5.75 Å². The van der Waals surface area contributed by atoms with Gasteiger partial charge >= 0.3 is 5.63 Å². The summed E-state index contributed by atoms with van der Waals surface area (Å²) in [5, 5.41) is 0.818. The molecule has 0 spiro atoms. The molecular formula is C30H30N2O4. The fourth-order valence-corrected chi connectivity index (χ4v) is 4.82. The van der Waals surface area contributed by atoms with E-state index in [0.717, 1.165) is 34.2 Å². The Morgan fingerprint density at radius 1 is 1.06 bits per heavy atom. The molecule has 2 heterocycles. The van der Waals surface area contributed by atoms with Crippen molar-refractivity contribution in [1.29, 1.82) is 0 Å². The lowest BCUT2D eigenvalue weighted by Gasteiger charge is -2.31. The zero-order valence-electron chi connectivity index (χ0n) is 20.7. The number of aryl methyl sites for hydroxylation is 2. The Morgan fingerprint density at radius 3 is 2.67 bits per heavy atom. The lowest BCUT2D eigenvalue weighted by atomic mass is 9.98. The fraction of sp³-hybridized carbons (Fsp3) is 0.267. The van der Waals surface area contributed by atoms with Gasteiger partial charge in [-0.3, -0.25) is 4.79 Å². The largest absolute Gasteiger partial charge is 0.489 e. The van der Waals surface area contributed by atoms with Gasteiger partial charge in [0, 0.05) is 24.2 Å². The summed E-state index contributed by atoms with van der Waals surface area (Å²) in [4.78, 5) is 30.2. The normalized spacial score (nSPS) is 12.9. The van der Waals surface area contributed by atoms with Crippen molar-refractivity contribution in [1.82, 2.24) is 0 Å². The van der Waals surface area contributed by atoms with Gasteiger partial charge in [0.05, 0.1) is 6.54 Å². The van der Waals surface area contributed by atoms with Crippen LogP contribution >= 0.6 is 0 Å². The zero-order chi connectivity index (χ0) is 25.1. The Balaban J connectivity index is 1.44. The predicted octanol–water partition coefficient (Wildman–Crippen LogP) is 5.49. The van der Waals surface area contributed by atoms with E-state index in [4.69, 9.17) is 9.15 Å². The van der Waals surface area contributed by atoms with Crippen LogP contribution in [0.15, 0.2) is 82.0 Å². The first-order chi connectivity index (χ1) is 17.5. The van der Waals surface area contributed by atoms with E-state index in [-0.39, 0.29) is 12.5 Å². The second-order valence-corrected chi connectivity index (χ2v) is 9.15. The van der Waals surface area contributed by atoms with Gasteiger partial charge in [0.2, 0.25) is 5.91 Å². The molecule has 0 unspecified atom stereocenters. The van der Waals surface area contributed by atoms with Crippen molar-refractivity contribution in [2.24, 2.45) is 0 Å². The quantitative estimate of drug-likeness (QED) is 0.326. The van der Waals surface area contributed by atoms with Crippen molar-refractivity contribution < 1.29 is 13.9 Å². The number of nitrogens with zero attached hydrogens (tertiary/aromatic N) is 2. The molecule has 1 aromatic heterocycles. The van der Waals surface area contributed by atoms with Crippen LogP contribution in [0.25, 0.3) is 11.0 Å². The van der Waals surface area contributed by atoms with Crippen molar-refractivity contribution in [2.75, 3.05) is 29.4 Å². The third-order valence-corrected chi connectivity index (χ3v) is 6.66. The van der Waals surface area contributed by atoms with Crippen LogP contribution in [-0.2, 0) is 17.8 Å². The van der Waals surface area contributed by atoms with E-state index in [2.05, 4.69) is 6.07 Å². The molecule has 0 aliphatic carbocycles. The maximum Gasteiger partial charge on any atom is 0.360 e. The van der Waals surface area contributed by atoms with Crippen LogP contribution in [0, 0.1) is 6.92 Å². The Hall–Kier alpha value is -4.06. The van der Waals surface area contributed by atoms with Gasteiger partial charge in [-0.2, -0.15) is 0 Å². The second-order valence-electron chi connectivity index (χ2n) is 9.15. The highest BCUT2D eigenvalue weighted by atomic mass is 16.5. The maximum atomic E-state index is 13.5. The maximum absolute atomic E-state index is 13.5.